The molecule has 2 heterocycles. The molecule has 0 unspecified atom stereocenters. The van der Waals surface area contributed by atoms with Crippen LogP contribution in [-0.2, 0) is 23.9 Å². The van der Waals surface area contributed by atoms with Crippen molar-refractivity contribution in [1.82, 2.24) is 20.9 Å². The molecule has 0 aromatic rings. The fourth-order valence-corrected chi connectivity index (χ4v) is 3.81. The van der Waals surface area contributed by atoms with E-state index in [4.69, 9.17) is 4.74 Å². The number of likely N-dealkylation sites (tertiary alicyclic amines) is 1. The largest absolute Gasteiger partial charge is 0.471 e. The summed E-state index contributed by atoms with van der Waals surface area (Å²) in [5.74, 6) is -4.37. The third-order valence-electron chi connectivity index (χ3n) is 5.55. The summed E-state index contributed by atoms with van der Waals surface area (Å²) in [5.41, 5.74) is 0. The average Bonchev–Trinajstić information content (AvgIpc) is 2.77. The molecule has 0 saturated carbocycles. The molecule has 0 radical (unpaired) electrons. The van der Waals surface area contributed by atoms with Crippen molar-refractivity contribution in [3.05, 3.63) is 12.2 Å². The van der Waals surface area contributed by atoms with Crippen LogP contribution >= 0.6 is 0 Å². The number of rotatable bonds is 8. The molecule has 9 nitrogen and oxygen atoms in total. The number of ether oxygens (including phenoxy) is 1. The molecule has 2 rings (SSSR count). The third-order valence-corrected chi connectivity index (χ3v) is 5.55. The van der Waals surface area contributed by atoms with Gasteiger partial charge in [0.1, 0.15) is 6.17 Å². The molecule has 12 heteroatoms. The fourth-order valence-electron chi connectivity index (χ4n) is 3.81. The molecule has 0 aromatic carbocycles. The number of nitrogens with one attached hydrogen (secondary N) is 3. The van der Waals surface area contributed by atoms with Gasteiger partial charge >= 0.3 is 18.1 Å². The zero-order valence-electron chi connectivity index (χ0n) is 18.6. The monoisotopic (exact) mass is 476 g/mol. The first-order valence-corrected chi connectivity index (χ1v) is 11.1. The maximum atomic E-state index is 12.7. The molecular weight excluding hydrogens is 445 g/mol. The van der Waals surface area contributed by atoms with E-state index >= 15 is 0 Å². The number of hydrogen-bond acceptors (Lipinski definition) is 6. The summed E-state index contributed by atoms with van der Waals surface area (Å²) in [4.78, 5) is 49.8. The van der Waals surface area contributed by atoms with Gasteiger partial charge in [0.05, 0.1) is 18.9 Å². The zero-order valence-corrected chi connectivity index (χ0v) is 18.6. The summed E-state index contributed by atoms with van der Waals surface area (Å²) < 4.78 is 42.6. The van der Waals surface area contributed by atoms with Gasteiger partial charge in [-0.2, -0.15) is 13.2 Å². The lowest BCUT2D eigenvalue weighted by Crippen LogP contribution is -2.55. The molecule has 3 N–H and O–H groups in total. The SMILES string of the molecule is CCOC(=O)C[C@@H](NC(=O)[C@@H]1CCCN(C(=O)/C=C/C2CCNCC2)C1)NC(=O)C(F)(F)F. The van der Waals surface area contributed by atoms with E-state index in [9.17, 15) is 32.3 Å². The van der Waals surface area contributed by atoms with E-state index in [1.165, 1.54) is 17.9 Å². The van der Waals surface area contributed by atoms with E-state index in [1.807, 2.05) is 6.08 Å². The van der Waals surface area contributed by atoms with Crippen LogP contribution in [0.25, 0.3) is 0 Å². The van der Waals surface area contributed by atoms with Crippen LogP contribution in [-0.4, -0.2) is 73.7 Å². The Kier molecular flexibility index (Phi) is 10.1. The minimum Gasteiger partial charge on any atom is -0.466 e. The first kappa shape index (κ1) is 26.6. The Hall–Kier alpha value is -2.63. The molecule has 2 aliphatic rings. The quantitative estimate of drug-likeness (QED) is 0.272. The summed E-state index contributed by atoms with van der Waals surface area (Å²) in [6.07, 6.45) is -1.16. The van der Waals surface area contributed by atoms with E-state index < -0.39 is 42.5 Å². The standard InChI is InChI=1S/C21H31F3N4O5/c1-2-33-18(30)12-16(27-20(32)21(22,23)24)26-19(31)15-4-3-11-28(13-15)17(29)6-5-14-7-9-25-10-8-14/h5-6,14-16,25H,2-4,7-13H2,1H3,(H,26,31)(H,27,32)/b6-5+/t15-,16+/m1/s1. The van der Waals surface area contributed by atoms with Gasteiger partial charge in [0, 0.05) is 13.1 Å². The molecule has 3 amide bonds. The highest BCUT2D eigenvalue weighted by atomic mass is 19.4. The van der Waals surface area contributed by atoms with Gasteiger partial charge < -0.3 is 25.6 Å². The Labute approximate surface area is 190 Å². The van der Waals surface area contributed by atoms with Crippen molar-refractivity contribution < 1.29 is 37.1 Å². The Morgan fingerprint density at radius 2 is 1.85 bits per heavy atom. The molecule has 0 aliphatic carbocycles. The zero-order chi connectivity index (χ0) is 24.4. The maximum Gasteiger partial charge on any atom is 0.471 e. The molecule has 2 aliphatic heterocycles. The number of allylic oxidation sites excluding steroid dienone is 1. The highest BCUT2D eigenvalue weighted by Gasteiger charge is 2.40. The topological polar surface area (TPSA) is 117 Å². The molecule has 2 saturated heterocycles. The number of carbonyl (C=O) groups excluding carboxylic acids is 4. The van der Waals surface area contributed by atoms with Gasteiger partial charge in [-0.1, -0.05) is 6.08 Å². The highest BCUT2D eigenvalue weighted by molar-refractivity contribution is 5.89. The number of halogens is 3. The van der Waals surface area contributed by atoms with Gasteiger partial charge in [-0.05, 0) is 57.7 Å². The van der Waals surface area contributed by atoms with Crippen LogP contribution in [0.5, 0.6) is 0 Å². The van der Waals surface area contributed by atoms with Crippen LogP contribution < -0.4 is 16.0 Å². The van der Waals surface area contributed by atoms with Gasteiger partial charge in [0.2, 0.25) is 11.8 Å². The van der Waals surface area contributed by atoms with Crippen LogP contribution in [0.2, 0.25) is 0 Å². The Bertz CT molecular complexity index is 738. The fraction of sp³-hybridized carbons (Fsp3) is 0.714. The van der Waals surface area contributed by atoms with Crippen molar-refractivity contribution in [3.63, 3.8) is 0 Å². The van der Waals surface area contributed by atoms with E-state index in [-0.39, 0.29) is 19.1 Å². The number of carbonyl (C=O) groups is 4. The van der Waals surface area contributed by atoms with E-state index in [0.717, 1.165) is 25.9 Å². The highest BCUT2D eigenvalue weighted by Crippen LogP contribution is 2.19. The Morgan fingerprint density at radius 1 is 1.15 bits per heavy atom. The number of nitrogens with zero attached hydrogens (tertiary/aromatic N) is 1. The minimum absolute atomic E-state index is 0.00268. The minimum atomic E-state index is -5.17. The van der Waals surface area contributed by atoms with Crippen LogP contribution in [0.1, 0.15) is 39.0 Å². The number of piperidine rings is 2. The number of esters is 1. The molecule has 2 atom stereocenters. The first-order valence-electron chi connectivity index (χ1n) is 11.1. The second-order valence-corrected chi connectivity index (χ2v) is 8.11. The Morgan fingerprint density at radius 3 is 2.48 bits per heavy atom. The third kappa shape index (κ3) is 9.03. The summed E-state index contributed by atoms with van der Waals surface area (Å²) >= 11 is 0. The predicted octanol–water partition coefficient (Wildman–Crippen LogP) is 0.855. The van der Waals surface area contributed by atoms with Gasteiger partial charge in [-0.3, -0.25) is 19.2 Å². The normalized spacial score (nSPS) is 20.8. The van der Waals surface area contributed by atoms with Crippen LogP contribution in [0.3, 0.4) is 0 Å². The van der Waals surface area contributed by atoms with Crippen LogP contribution in [0, 0.1) is 11.8 Å². The number of alkyl halides is 3. The van der Waals surface area contributed by atoms with E-state index in [2.05, 4.69) is 10.6 Å². The van der Waals surface area contributed by atoms with Crippen molar-refractivity contribution in [2.45, 2.75) is 51.4 Å². The summed E-state index contributed by atoms with van der Waals surface area (Å²) in [5, 5.41) is 7.15. The lowest BCUT2D eigenvalue weighted by molar-refractivity contribution is -0.175. The van der Waals surface area contributed by atoms with Gasteiger partial charge in [-0.25, -0.2) is 0 Å². The second-order valence-electron chi connectivity index (χ2n) is 8.11. The summed E-state index contributed by atoms with van der Waals surface area (Å²) in [7, 11) is 0. The van der Waals surface area contributed by atoms with Gasteiger partial charge in [0.25, 0.3) is 0 Å². The lowest BCUT2D eigenvalue weighted by atomic mass is 9.96. The van der Waals surface area contributed by atoms with Crippen molar-refractivity contribution in [2.24, 2.45) is 11.8 Å². The number of amides is 3. The van der Waals surface area contributed by atoms with Crippen LogP contribution in [0.4, 0.5) is 13.2 Å². The smallest absolute Gasteiger partial charge is 0.466 e. The lowest BCUT2D eigenvalue weighted by Gasteiger charge is -2.32. The molecular formula is C21H31F3N4O5. The first-order chi connectivity index (χ1) is 15.6. The van der Waals surface area contributed by atoms with Crippen molar-refractivity contribution in [3.8, 4) is 0 Å². The van der Waals surface area contributed by atoms with Crippen molar-refractivity contribution in [1.29, 1.82) is 0 Å². The van der Waals surface area contributed by atoms with Gasteiger partial charge in [-0.15, -0.1) is 0 Å². The molecule has 2 fully saturated rings. The van der Waals surface area contributed by atoms with Crippen LogP contribution in [0.15, 0.2) is 12.2 Å². The molecule has 0 aromatic heterocycles. The van der Waals surface area contributed by atoms with Gasteiger partial charge in [0.15, 0.2) is 0 Å². The summed E-state index contributed by atoms with van der Waals surface area (Å²) in [6.45, 7) is 3.88. The average molecular weight is 476 g/mol. The van der Waals surface area contributed by atoms with E-state index in [1.54, 1.807) is 5.32 Å². The van der Waals surface area contributed by atoms with Crippen molar-refractivity contribution in [2.75, 3.05) is 32.8 Å². The molecule has 186 valence electrons. The molecule has 0 spiro atoms. The maximum absolute atomic E-state index is 12.7. The Balaban J connectivity index is 1.96. The predicted molar refractivity (Wildman–Crippen MR) is 111 cm³/mol. The van der Waals surface area contributed by atoms with Crippen molar-refractivity contribution >= 4 is 23.7 Å². The van der Waals surface area contributed by atoms with E-state index in [0.29, 0.717) is 25.3 Å². The second kappa shape index (κ2) is 12.6. The molecule has 33 heavy (non-hydrogen) atoms. The molecule has 0 bridgehead atoms. The summed E-state index contributed by atoms with van der Waals surface area (Å²) in [6, 6.07) is 0. The number of hydrogen-bond donors (Lipinski definition) is 3.